The Kier molecular flexibility index (Phi) is 4.70. The van der Waals surface area contributed by atoms with E-state index in [0.717, 1.165) is 13.0 Å². The molecular formula is C14H17N3O2S. The molecule has 1 heterocycles. The van der Waals surface area contributed by atoms with E-state index in [0.29, 0.717) is 10.8 Å². The van der Waals surface area contributed by atoms with Crippen LogP contribution >= 0.6 is 11.3 Å². The fourth-order valence-electron chi connectivity index (χ4n) is 1.82. The number of nitrogens with one attached hydrogen (secondary N) is 1. The number of anilines is 1. The number of carboxylic acid groups (broad SMARTS) is 1. The fraction of sp³-hybridized carbons (Fsp3) is 0.286. The number of nitrogens with zero attached hydrogens (tertiary/aromatic N) is 1. The summed E-state index contributed by atoms with van der Waals surface area (Å²) in [5.74, 6) is -1.07. The number of aryl methyl sites for hydroxylation is 1. The quantitative estimate of drug-likeness (QED) is 0.759. The smallest absolute Gasteiger partial charge is 0.326 e. The van der Waals surface area contributed by atoms with Crippen LogP contribution in [-0.4, -0.2) is 22.6 Å². The number of rotatable bonds is 6. The lowest BCUT2D eigenvalue weighted by atomic mass is 10.1. The molecule has 0 saturated carbocycles. The predicted molar refractivity (Wildman–Crippen MR) is 80.1 cm³/mol. The predicted octanol–water partition coefficient (Wildman–Crippen LogP) is 2.19. The van der Waals surface area contributed by atoms with E-state index < -0.39 is 12.0 Å². The number of thiazole rings is 1. The number of hydrogen-bond acceptors (Lipinski definition) is 5. The Hall–Kier alpha value is -1.92. The van der Waals surface area contributed by atoms with Crippen LogP contribution in [0.2, 0.25) is 0 Å². The topological polar surface area (TPSA) is 88.2 Å². The molecule has 2 aromatic rings. The lowest BCUT2D eigenvalue weighted by molar-refractivity contribution is -0.138. The van der Waals surface area contributed by atoms with Crippen molar-refractivity contribution in [2.75, 3.05) is 11.9 Å². The van der Waals surface area contributed by atoms with Gasteiger partial charge in [-0.15, -0.1) is 11.3 Å². The van der Waals surface area contributed by atoms with Crippen LogP contribution in [0, 0.1) is 6.92 Å². The molecule has 0 aliphatic rings. The molecule has 5 nitrogen and oxygen atoms in total. The molecule has 6 heteroatoms. The van der Waals surface area contributed by atoms with Gasteiger partial charge in [-0.25, -0.2) is 4.98 Å². The van der Waals surface area contributed by atoms with E-state index in [2.05, 4.69) is 35.4 Å². The van der Waals surface area contributed by atoms with Crippen molar-refractivity contribution in [3.63, 3.8) is 0 Å². The van der Waals surface area contributed by atoms with E-state index in [9.17, 15) is 4.79 Å². The number of benzene rings is 1. The van der Waals surface area contributed by atoms with Gasteiger partial charge in [-0.05, 0) is 18.9 Å². The molecule has 0 amide bonds. The summed E-state index contributed by atoms with van der Waals surface area (Å²) >= 11 is 1.37. The molecule has 4 N–H and O–H groups in total. The summed E-state index contributed by atoms with van der Waals surface area (Å²) in [6.07, 6.45) is 0.890. The molecule has 1 atom stereocenters. The van der Waals surface area contributed by atoms with E-state index in [1.165, 1.54) is 22.5 Å². The summed E-state index contributed by atoms with van der Waals surface area (Å²) in [5.41, 5.74) is 8.40. The van der Waals surface area contributed by atoms with Crippen molar-refractivity contribution in [2.24, 2.45) is 5.73 Å². The van der Waals surface area contributed by atoms with Crippen molar-refractivity contribution in [3.05, 3.63) is 46.5 Å². The maximum Gasteiger partial charge on any atom is 0.326 e. The number of carbonyl (C=O) groups is 1. The van der Waals surface area contributed by atoms with Gasteiger partial charge in [-0.2, -0.15) is 0 Å². The second kappa shape index (κ2) is 6.49. The Morgan fingerprint density at radius 1 is 1.55 bits per heavy atom. The molecule has 106 valence electrons. The van der Waals surface area contributed by atoms with Gasteiger partial charge < -0.3 is 16.2 Å². The first kappa shape index (κ1) is 14.5. The lowest BCUT2D eigenvalue weighted by Gasteiger charge is -2.04. The maximum absolute atomic E-state index is 10.8. The van der Waals surface area contributed by atoms with Crippen LogP contribution in [0.3, 0.4) is 0 Å². The summed E-state index contributed by atoms with van der Waals surface area (Å²) in [6, 6.07) is 7.28. The van der Waals surface area contributed by atoms with Gasteiger partial charge in [0.1, 0.15) is 6.04 Å². The van der Waals surface area contributed by atoms with Crippen molar-refractivity contribution in [1.82, 2.24) is 4.98 Å². The minimum Gasteiger partial charge on any atom is -0.480 e. The Morgan fingerprint density at radius 2 is 2.35 bits per heavy atom. The standard InChI is InChI=1S/C14H17N3O2S/c1-9-3-2-4-10(7-9)5-6-16-14-17-11(8-20-14)12(15)13(18)19/h2-4,7-8,12H,5-6,15H2,1H3,(H,16,17)(H,18,19). The Morgan fingerprint density at radius 3 is 3.05 bits per heavy atom. The van der Waals surface area contributed by atoms with Gasteiger partial charge in [0.2, 0.25) is 0 Å². The zero-order valence-electron chi connectivity index (χ0n) is 11.2. The number of hydrogen-bond donors (Lipinski definition) is 3. The number of nitrogens with two attached hydrogens (primary N) is 1. The molecule has 1 aromatic carbocycles. The first-order valence-corrected chi connectivity index (χ1v) is 7.17. The summed E-state index contributed by atoms with van der Waals surface area (Å²) in [7, 11) is 0. The molecule has 0 bridgehead atoms. The summed E-state index contributed by atoms with van der Waals surface area (Å²) < 4.78 is 0. The van der Waals surface area contributed by atoms with Crippen LogP contribution in [-0.2, 0) is 11.2 Å². The third-order valence-corrected chi connectivity index (χ3v) is 3.70. The van der Waals surface area contributed by atoms with Crippen LogP contribution in [0.25, 0.3) is 0 Å². The molecule has 0 aliphatic carbocycles. The fourth-order valence-corrected chi connectivity index (χ4v) is 2.59. The van der Waals surface area contributed by atoms with E-state index >= 15 is 0 Å². The highest BCUT2D eigenvalue weighted by atomic mass is 32.1. The largest absolute Gasteiger partial charge is 0.480 e. The number of carboxylic acids is 1. The van der Waals surface area contributed by atoms with E-state index in [-0.39, 0.29) is 0 Å². The third kappa shape index (κ3) is 3.79. The maximum atomic E-state index is 10.8. The molecule has 0 saturated heterocycles. The summed E-state index contributed by atoms with van der Waals surface area (Å²) in [6.45, 7) is 2.82. The number of aliphatic carboxylic acids is 1. The van der Waals surface area contributed by atoms with Crippen molar-refractivity contribution in [1.29, 1.82) is 0 Å². The zero-order valence-corrected chi connectivity index (χ0v) is 12.0. The van der Waals surface area contributed by atoms with Gasteiger partial charge in [0.15, 0.2) is 5.13 Å². The first-order chi connectivity index (χ1) is 9.56. The highest BCUT2D eigenvalue weighted by Gasteiger charge is 2.17. The van der Waals surface area contributed by atoms with Crippen LogP contribution in [0.15, 0.2) is 29.6 Å². The Balaban J connectivity index is 1.87. The molecule has 0 fully saturated rings. The second-order valence-electron chi connectivity index (χ2n) is 4.56. The van der Waals surface area contributed by atoms with Crippen molar-refractivity contribution in [3.8, 4) is 0 Å². The summed E-state index contributed by atoms with van der Waals surface area (Å²) in [4.78, 5) is 14.9. The average molecular weight is 291 g/mol. The zero-order chi connectivity index (χ0) is 14.5. The lowest BCUT2D eigenvalue weighted by Crippen LogP contribution is -2.21. The normalized spacial score (nSPS) is 12.1. The van der Waals surface area contributed by atoms with Gasteiger partial charge in [0.05, 0.1) is 5.69 Å². The molecule has 0 radical (unpaired) electrons. The van der Waals surface area contributed by atoms with Gasteiger partial charge in [-0.3, -0.25) is 4.79 Å². The summed E-state index contributed by atoms with van der Waals surface area (Å²) in [5, 5.41) is 14.4. The van der Waals surface area contributed by atoms with Crippen molar-refractivity contribution < 1.29 is 9.90 Å². The SMILES string of the molecule is Cc1cccc(CCNc2nc(C(N)C(=O)O)cs2)c1. The van der Waals surface area contributed by atoms with Crippen LogP contribution < -0.4 is 11.1 Å². The van der Waals surface area contributed by atoms with E-state index in [1.807, 2.05) is 6.07 Å². The Bertz CT molecular complexity index is 598. The number of aromatic nitrogens is 1. The van der Waals surface area contributed by atoms with Crippen LogP contribution in [0.4, 0.5) is 5.13 Å². The second-order valence-corrected chi connectivity index (χ2v) is 5.42. The molecule has 2 rings (SSSR count). The van der Waals surface area contributed by atoms with Gasteiger partial charge in [-0.1, -0.05) is 29.8 Å². The third-order valence-electron chi connectivity index (χ3n) is 2.88. The van der Waals surface area contributed by atoms with E-state index in [4.69, 9.17) is 10.8 Å². The monoisotopic (exact) mass is 291 g/mol. The van der Waals surface area contributed by atoms with Gasteiger partial charge in [0.25, 0.3) is 0 Å². The minimum absolute atomic E-state index is 0.389. The molecule has 0 spiro atoms. The van der Waals surface area contributed by atoms with Gasteiger partial charge >= 0.3 is 5.97 Å². The van der Waals surface area contributed by atoms with Crippen LogP contribution in [0.1, 0.15) is 22.9 Å². The Labute approximate surface area is 121 Å². The molecular weight excluding hydrogens is 274 g/mol. The first-order valence-electron chi connectivity index (χ1n) is 6.29. The molecule has 0 aliphatic heterocycles. The van der Waals surface area contributed by atoms with E-state index in [1.54, 1.807) is 5.38 Å². The van der Waals surface area contributed by atoms with Gasteiger partial charge in [0, 0.05) is 11.9 Å². The van der Waals surface area contributed by atoms with Crippen molar-refractivity contribution in [2.45, 2.75) is 19.4 Å². The molecule has 1 aromatic heterocycles. The molecule has 1 unspecified atom stereocenters. The highest BCUT2D eigenvalue weighted by molar-refractivity contribution is 7.13. The van der Waals surface area contributed by atoms with Crippen molar-refractivity contribution >= 4 is 22.4 Å². The highest BCUT2D eigenvalue weighted by Crippen LogP contribution is 2.19. The molecule has 20 heavy (non-hydrogen) atoms. The average Bonchev–Trinajstić information content (AvgIpc) is 2.86. The van der Waals surface area contributed by atoms with Crippen LogP contribution in [0.5, 0.6) is 0 Å². The minimum atomic E-state index is -1.07.